The van der Waals surface area contributed by atoms with Crippen molar-refractivity contribution >= 4 is 5.91 Å². The summed E-state index contributed by atoms with van der Waals surface area (Å²) in [7, 11) is 0. The number of rotatable bonds is 6. The molecule has 2 aromatic heterocycles. The predicted octanol–water partition coefficient (Wildman–Crippen LogP) is 6.16. The number of alkyl halides is 3. The maximum absolute atomic E-state index is 14.5. The summed E-state index contributed by atoms with van der Waals surface area (Å²) in [6, 6.07) is 19.1. The first kappa shape index (κ1) is 25.1. The van der Waals surface area contributed by atoms with Gasteiger partial charge < -0.3 is 9.64 Å². The van der Waals surface area contributed by atoms with Crippen LogP contribution in [0.1, 0.15) is 40.5 Å². The van der Waals surface area contributed by atoms with Crippen molar-refractivity contribution in [1.29, 1.82) is 0 Å². The van der Waals surface area contributed by atoms with Gasteiger partial charge in [0.15, 0.2) is 0 Å². The van der Waals surface area contributed by atoms with Crippen LogP contribution in [0.4, 0.5) is 17.6 Å². The first-order valence-electron chi connectivity index (χ1n) is 12.5. The molecule has 2 fully saturated rings. The topological polar surface area (TPSA) is 60.2 Å². The average Bonchev–Trinajstić information content (AvgIpc) is 3.33. The third-order valence-electron chi connectivity index (χ3n) is 7.39. The number of halogens is 4. The molecule has 0 N–H and O–H groups in total. The van der Waals surface area contributed by atoms with Crippen molar-refractivity contribution in [3.63, 3.8) is 0 Å². The zero-order valence-corrected chi connectivity index (χ0v) is 20.7. The first-order chi connectivity index (χ1) is 18.7. The molecular weight excluding hydrogens is 512 g/mol. The lowest BCUT2D eigenvalue weighted by atomic mass is 9.60. The van der Waals surface area contributed by atoms with Gasteiger partial charge >= 0.3 is 6.18 Å². The number of pyridine rings is 1. The van der Waals surface area contributed by atoms with Gasteiger partial charge in [0.25, 0.3) is 5.91 Å². The Bertz CT molecular complexity index is 1490. The Kier molecular flexibility index (Phi) is 6.12. The molecule has 1 aliphatic heterocycles. The van der Waals surface area contributed by atoms with E-state index in [2.05, 4.69) is 10.1 Å². The highest BCUT2D eigenvalue weighted by atomic mass is 19.4. The number of likely N-dealkylation sites (tertiary alicyclic amines) is 1. The molecule has 1 spiro atoms. The largest absolute Gasteiger partial charge is 0.489 e. The molecule has 1 amide bonds. The normalized spacial score (nSPS) is 16.6. The molecule has 6 rings (SSSR count). The fourth-order valence-corrected chi connectivity index (χ4v) is 5.47. The third kappa shape index (κ3) is 4.86. The molecule has 1 saturated heterocycles. The number of ether oxygens (including phenoxy) is 1. The smallest absolute Gasteiger partial charge is 0.433 e. The van der Waals surface area contributed by atoms with Crippen molar-refractivity contribution in [1.82, 2.24) is 19.7 Å². The van der Waals surface area contributed by atoms with E-state index in [1.54, 1.807) is 18.2 Å². The van der Waals surface area contributed by atoms with Crippen LogP contribution in [-0.4, -0.2) is 38.7 Å². The second-order valence-corrected chi connectivity index (χ2v) is 10.2. The number of hydrogen-bond donors (Lipinski definition) is 0. The van der Waals surface area contributed by atoms with E-state index in [1.807, 2.05) is 30.3 Å². The summed E-state index contributed by atoms with van der Waals surface area (Å²) in [5.74, 6) is -0.725. The number of nitrogens with zero attached hydrogens (tertiary/aromatic N) is 4. The van der Waals surface area contributed by atoms with Gasteiger partial charge in [-0.05, 0) is 54.8 Å². The van der Waals surface area contributed by atoms with Gasteiger partial charge in [0.1, 0.15) is 29.6 Å². The predicted molar refractivity (Wildman–Crippen MR) is 134 cm³/mol. The van der Waals surface area contributed by atoms with Crippen LogP contribution in [0, 0.1) is 11.2 Å². The maximum atomic E-state index is 14.5. The number of benzene rings is 2. The van der Waals surface area contributed by atoms with E-state index in [0.717, 1.165) is 16.3 Å². The summed E-state index contributed by atoms with van der Waals surface area (Å²) in [5.41, 5.74) is 0.282. The average molecular weight is 537 g/mol. The highest BCUT2D eigenvalue weighted by Gasteiger charge is 2.56. The Balaban J connectivity index is 1.11. The Morgan fingerprint density at radius 3 is 2.41 bits per heavy atom. The number of amides is 1. The lowest BCUT2D eigenvalue weighted by Gasteiger charge is -2.59. The summed E-state index contributed by atoms with van der Waals surface area (Å²) < 4.78 is 62.7. The van der Waals surface area contributed by atoms with Crippen LogP contribution in [0.5, 0.6) is 5.75 Å². The maximum Gasteiger partial charge on any atom is 0.433 e. The quantitative estimate of drug-likeness (QED) is 0.277. The number of carbonyl (C=O) groups is 1. The summed E-state index contributed by atoms with van der Waals surface area (Å²) in [6.07, 6.45) is -2.15. The van der Waals surface area contributed by atoms with Gasteiger partial charge in [-0.25, -0.2) is 4.39 Å². The molecule has 2 aromatic carbocycles. The van der Waals surface area contributed by atoms with E-state index in [-0.39, 0.29) is 23.3 Å². The minimum Gasteiger partial charge on any atom is -0.489 e. The monoisotopic (exact) mass is 536 g/mol. The van der Waals surface area contributed by atoms with Crippen LogP contribution >= 0.6 is 0 Å². The molecular formula is C29H24F4N4O2. The van der Waals surface area contributed by atoms with E-state index in [0.29, 0.717) is 37.4 Å². The second-order valence-electron chi connectivity index (χ2n) is 10.2. The molecule has 4 aromatic rings. The highest BCUT2D eigenvalue weighted by Crippen LogP contribution is 2.55. The molecule has 3 heterocycles. The summed E-state index contributed by atoms with van der Waals surface area (Å²) in [6.45, 7) is 0.989. The van der Waals surface area contributed by atoms with Gasteiger partial charge in [-0.15, -0.1) is 0 Å². The van der Waals surface area contributed by atoms with E-state index in [1.165, 1.54) is 29.3 Å². The van der Waals surface area contributed by atoms with Crippen molar-refractivity contribution in [2.75, 3.05) is 13.1 Å². The first-order valence-corrected chi connectivity index (χ1v) is 12.5. The Morgan fingerprint density at radius 2 is 1.72 bits per heavy atom. The van der Waals surface area contributed by atoms with E-state index in [9.17, 15) is 22.4 Å². The molecule has 0 bridgehead atoms. The molecule has 2 aliphatic rings. The fraction of sp³-hybridized carbons (Fsp3) is 0.276. The van der Waals surface area contributed by atoms with Crippen molar-refractivity contribution in [2.24, 2.45) is 5.41 Å². The molecule has 0 atom stereocenters. The SMILES string of the molecule is O=C(c1cc(OCc2ccccc2)ccc1F)N1CC2(CC(n3nc(-c4ccccn4)cc3C(F)(F)F)C2)C1. The Hall–Kier alpha value is -4.21. The third-order valence-corrected chi connectivity index (χ3v) is 7.39. The van der Waals surface area contributed by atoms with E-state index >= 15 is 0 Å². The van der Waals surface area contributed by atoms with E-state index in [4.69, 9.17) is 4.74 Å². The fourth-order valence-electron chi connectivity index (χ4n) is 5.47. The zero-order chi connectivity index (χ0) is 27.2. The summed E-state index contributed by atoms with van der Waals surface area (Å²) in [4.78, 5) is 18.7. The molecule has 10 heteroatoms. The molecule has 0 unspecified atom stereocenters. The lowest BCUT2D eigenvalue weighted by Crippen LogP contribution is -2.64. The van der Waals surface area contributed by atoms with Crippen LogP contribution in [-0.2, 0) is 12.8 Å². The lowest BCUT2D eigenvalue weighted by molar-refractivity contribution is -0.149. The Labute approximate surface area is 221 Å². The van der Waals surface area contributed by atoms with Crippen molar-refractivity contribution < 1.29 is 27.1 Å². The molecule has 200 valence electrons. The number of carbonyl (C=O) groups excluding carboxylic acids is 1. The highest BCUT2D eigenvalue weighted by molar-refractivity contribution is 5.95. The summed E-state index contributed by atoms with van der Waals surface area (Å²) in [5, 5.41) is 4.25. The van der Waals surface area contributed by atoms with E-state index < -0.39 is 29.6 Å². The van der Waals surface area contributed by atoms with Crippen LogP contribution in [0.15, 0.2) is 79.0 Å². The van der Waals surface area contributed by atoms with Crippen LogP contribution in [0.2, 0.25) is 0 Å². The standard InChI is InChI=1S/C29H24F4N4O2/c30-23-10-9-21(39-16-19-6-2-1-3-7-19)12-22(23)27(38)36-17-28(18-36)14-20(15-28)37-26(29(31,32)33)13-25(35-37)24-8-4-5-11-34-24/h1-13,20H,14-18H2. The van der Waals surface area contributed by atoms with Crippen LogP contribution in [0.25, 0.3) is 11.4 Å². The second kappa shape index (κ2) is 9.52. The molecule has 0 radical (unpaired) electrons. The zero-order valence-electron chi connectivity index (χ0n) is 20.7. The van der Waals surface area contributed by atoms with Crippen LogP contribution in [0.3, 0.4) is 0 Å². The molecule has 1 saturated carbocycles. The van der Waals surface area contributed by atoms with Gasteiger partial charge in [0, 0.05) is 24.7 Å². The van der Waals surface area contributed by atoms with Gasteiger partial charge in [0.2, 0.25) is 0 Å². The van der Waals surface area contributed by atoms with Crippen molar-refractivity contribution in [3.8, 4) is 17.1 Å². The van der Waals surface area contributed by atoms with Gasteiger partial charge in [-0.2, -0.15) is 18.3 Å². The molecule has 39 heavy (non-hydrogen) atoms. The molecule has 1 aliphatic carbocycles. The van der Waals surface area contributed by atoms with Gasteiger partial charge in [-0.1, -0.05) is 36.4 Å². The minimum atomic E-state index is -4.56. The minimum absolute atomic E-state index is 0.0854. The number of aromatic nitrogens is 3. The van der Waals surface area contributed by atoms with Crippen molar-refractivity contribution in [2.45, 2.75) is 31.7 Å². The van der Waals surface area contributed by atoms with Gasteiger partial charge in [0.05, 0.1) is 17.3 Å². The molecule has 6 nitrogen and oxygen atoms in total. The number of hydrogen-bond acceptors (Lipinski definition) is 4. The van der Waals surface area contributed by atoms with Gasteiger partial charge in [-0.3, -0.25) is 14.5 Å². The Morgan fingerprint density at radius 1 is 0.974 bits per heavy atom. The van der Waals surface area contributed by atoms with Crippen LogP contribution < -0.4 is 4.74 Å². The van der Waals surface area contributed by atoms with Crippen molar-refractivity contribution in [3.05, 3.63) is 102 Å². The summed E-state index contributed by atoms with van der Waals surface area (Å²) >= 11 is 0.